The van der Waals surface area contributed by atoms with Gasteiger partial charge in [0.05, 0.1) is 0 Å². The van der Waals surface area contributed by atoms with E-state index in [1.807, 2.05) is 0 Å². The summed E-state index contributed by atoms with van der Waals surface area (Å²) in [6.07, 6.45) is 9.94. The van der Waals surface area contributed by atoms with Crippen molar-refractivity contribution in [2.45, 2.75) is 32.1 Å². The summed E-state index contributed by atoms with van der Waals surface area (Å²) in [5.74, 6) is 3.29. The number of hydrogen-bond donors (Lipinski definition) is 1. The third-order valence-corrected chi connectivity index (χ3v) is 2.31. The molecule has 1 amide bonds. The Morgan fingerprint density at radius 2 is 2.33 bits per heavy atom. The van der Waals surface area contributed by atoms with Gasteiger partial charge < -0.3 is 5.32 Å². The first-order valence-corrected chi connectivity index (χ1v) is 4.53. The van der Waals surface area contributed by atoms with Crippen molar-refractivity contribution >= 4 is 5.91 Å². The van der Waals surface area contributed by atoms with Crippen LogP contribution in [0.2, 0.25) is 0 Å². The molecule has 0 radical (unpaired) electrons. The molecule has 0 saturated heterocycles. The van der Waals surface area contributed by atoms with Crippen LogP contribution in [0.4, 0.5) is 0 Å². The Labute approximate surface area is 73.7 Å². The van der Waals surface area contributed by atoms with Gasteiger partial charge in [-0.3, -0.25) is 4.79 Å². The van der Waals surface area contributed by atoms with E-state index in [0.717, 1.165) is 12.5 Å². The lowest BCUT2D eigenvalue weighted by molar-refractivity contribution is -0.121. The van der Waals surface area contributed by atoms with Crippen LogP contribution in [-0.2, 0) is 4.79 Å². The van der Waals surface area contributed by atoms with Crippen LogP contribution in [0, 0.1) is 18.3 Å². The number of nitrogens with one attached hydrogen (secondary N) is 1. The van der Waals surface area contributed by atoms with Crippen molar-refractivity contribution in [2.75, 3.05) is 6.54 Å². The molecule has 1 aliphatic carbocycles. The molecule has 0 aromatic rings. The van der Waals surface area contributed by atoms with Crippen LogP contribution in [0.15, 0.2) is 0 Å². The number of carbonyl (C=O) groups excluding carboxylic acids is 1. The fourth-order valence-electron chi connectivity index (χ4n) is 1.23. The Hall–Kier alpha value is -0.970. The Balaban J connectivity index is 1.98. The van der Waals surface area contributed by atoms with Crippen LogP contribution in [0.3, 0.4) is 0 Å². The Morgan fingerprint density at radius 3 is 2.83 bits per heavy atom. The summed E-state index contributed by atoms with van der Waals surface area (Å²) in [6, 6.07) is 0. The first kappa shape index (κ1) is 9.12. The molecule has 2 heteroatoms. The molecule has 66 valence electrons. The number of carbonyl (C=O) groups is 1. The monoisotopic (exact) mass is 165 g/mol. The molecule has 0 aromatic heterocycles. The molecule has 0 heterocycles. The highest BCUT2D eigenvalue weighted by Crippen LogP contribution is 2.25. The van der Waals surface area contributed by atoms with E-state index in [0.29, 0.717) is 12.8 Å². The van der Waals surface area contributed by atoms with Crippen LogP contribution >= 0.6 is 0 Å². The lowest BCUT2D eigenvalue weighted by atomic mass is 9.85. The van der Waals surface area contributed by atoms with E-state index >= 15 is 0 Å². The van der Waals surface area contributed by atoms with E-state index < -0.39 is 0 Å². The maximum atomic E-state index is 11.0. The molecule has 0 atom stereocenters. The SMILES string of the molecule is C#CCCC(=O)NCC1CCC1. The van der Waals surface area contributed by atoms with Crippen LogP contribution in [0.25, 0.3) is 0 Å². The van der Waals surface area contributed by atoms with Gasteiger partial charge in [0.2, 0.25) is 5.91 Å². The van der Waals surface area contributed by atoms with Crippen molar-refractivity contribution in [1.29, 1.82) is 0 Å². The zero-order valence-electron chi connectivity index (χ0n) is 7.31. The number of hydrogen-bond acceptors (Lipinski definition) is 1. The van der Waals surface area contributed by atoms with Crippen LogP contribution < -0.4 is 5.32 Å². The van der Waals surface area contributed by atoms with E-state index in [2.05, 4.69) is 11.2 Å². The average Bonchev–Trinajstić information content (AvgIpc) is 1.98. The van der Waals surface area contributed by atoms with Crippen LogP contribution in [0.5, 0.6) is 0 Å². The Kier molecular flexibility index (Phi) is 3.66. The highest BCUT2D eigenvalue weighted by molar-refractivity contribution is 5.76. The molecule has 1 fully saturated rings. The van der Waals surface area contributed by atoms with Gasteiger partial charge >= 0.3 is 0 Å². The Bertz CT molecular complexity index is 189. The second-order valence-electron chi connectivity index (χ2n) is 3.31. The molecule has 0 spiro atoms. The number of amides is 1. The first-order valence-electron chi connectivity index (χ1n) is 4.53. The molecule has 1 aliphatic rings. The van der Waals surface area contributed by atoms with E-state index in [1.165, 1.54) is 19.3 Å². The topological polar surface area (TPSA) is 29.1 Å². The second kappa shape index (κ2) is 4.82. The largest absolute Gasteiger partial charge is 0.356 e. The highest BCUT2D eigenvalue weighted by atomic mass is 16.1. The van der Waals surface area contributed by atoms with Gasteiger partial charge in [-0.05, 0) is 18.8 Å². The summed E-state index contributed by atoms with van der Waals surface area (Å²) in [7, 11) is 0. The summed E-state index contributed by atoms with van der Waals surface area (Å²) in [4.78, 5) is 11.0. The maximum absolute atomic E-state index is 11.0. The zero-order chi connectivity index (χ0) is 8.81. The molecular weight excluding hydrogens is 150 g/mol. The smallest absolute Gasteiger partial charge is 0.220 e. The van der Waals surface area contributed by atoms with E-state index in [9.17, 15) is 4.79 Å². The fourth-order valence-corrected chi connectivity index (χ4v) is 1.23. The molecular formula is C10H15NO. The van der Waals surface area contributed by atoms with E-state index in [-0.39, 0.29) is 5.91 Å². The summed E-state index contributed by atoms with van der Waals surface area (Å²) in [5, 5.41) is 2.88. The molecule has 1 rings (SSSR count). The van der Waals surface area contributed by atoms with Gasteiger partial charge in [-0.2, -0.15) is 0 Å². The van der Waals surface area contributed by atoms with E-state index in [4.69, 9.17) is 6.42 Å². The van der Waals surface area contributed by atoms with Crippen molar-refractivity contribution in [3.63, 3.8) is 0 Å². The lowest BCUT2D eigenvalue weighted by Gasteiger charge is -2.25. The van der Waals surface area contributed by atoms with Gasteiger partial charge in [0.25, 0.3) is 0 Å². The molecule has 0 bridgehead atoms. The average molecular weight is 165 g/mol. The molecule has 0 unspecified atom stereocenters. The van der Waals surface area contributed by atoms with Crippen molar-refractivity contribution in [1.82, 2.24) is 5.32 Å². The quantitative estimate of drug-likeness (QED) is 0.625. The minimum Gasteiger partial charge on any atom is -0.356 e. The third kappa shape index (κ3) is 2.96. The van der Waals surface area contributed by atoms with Gasteiger partial charge in [0.15, 0.2) is 0 Å². The number of rotatable bonds is 4. The Morgan fingerprint density at radius 1 is 1.58 bits per heavy atom. The maximum Gasteiger partial charge on any atom is 0.220 e. The van der Waals surface area contributed by atoms with Crippen molar-refractivity contribution < 1.29 is 4.79 Å². The molecule has 2 nitrogen and oxygen atoms in total. The molecule has 12 heavy (non-hydrogen) atoms. The van der Waals surface area contributed by atoms with Crippen molar-refractivity contribution in [3.8, 4) is 12.3 Å². The van der Waals surface area contributed by atoms with Gasteiger partial charge in [-0.25, -0.2) is 0 Å². The summed E-state index contributed by atoms with van der Waals surface area (Å²) < 4.78 is 0. The minimum absolute atomic E-state index is 0.0971. The van der Waals surface area contributed by atoms with Crippen LogP contribution in [-0.4, -0.2) is 12.5 Å². The highest BCUT2D eigenvalue weighted by Gasteiger charge is 2.17. The summed E-state index contributed by atoms with van der Waals surface area (Å²) >= 11 is 0. The summed E-state index contributed by atoms with van der Waals surface area (Å²) in [5.41, 5.74) is 0. The minimum atomic E-state index is 0.0971. The first-order chi connectivity index (χ1) is 5.83. The van der Waals surface area contributed by atoms with Crippen LogP contribution in [0.1, 0.15) is 32.1 Å². The lowest BCUT2D eigenvalue weighted by Crippen LogP contribution is -2.31. The second-order valence-corrected chi connectivity index (χ2v) is 3.31. The predicted molar refractivity (Wildman–Crippen MR) is 48.4 cm³/mol. The van der Waals surface area contributed by atoms with Gasteiger partial charge in [0, 0.05) is 19.4 Å². The molecule has 1 saturated carbocycles. The normalized spacial score (nSPS) is 16.2. The number of terminal acetylenes is 1. The molecule has 1 N–H and O–H groups in total. The van der Waals surface area contributed by atoms with Gasteiger partial charge in [-0.1, -0.05) is 6.42 Å². The van der Waals surface area contributed by atoms with Crippen molar-refractivity contribution in [2.24, 2.45) is 5.92 Å². The fraction of sp³-hybridized carbons (Fsp3) is 0.700. The molecule has 0 aromatic carbocycles. The van der Waals surface area contributed by atoms with Crippen molar-refractivity contribution in [3.05, 3.63) is 0 Å². The molecule has 0 aliphatic heterocycles. The zero-order valence-corrected chi connectivity index (χ0v) is 7.31. The third-order valence-electron chi connectivity index (χ3n) is 2.31. The van der Waals surface area contributed by atoms with E-state index in [1.54, 1.807) is 0 Å². The van der Waals surface area contributed by atoms with Gasteiger partial charge in [-0.15, -0.1) is 12.3 Å². The van der Waals surface area contributed by atoms with Gasteiger partial charge in [0.1, 0.15) is 0 Å². The predicted octanol–water partition coefficient (Wildman–Crippen LogP) is 1.32. The standard InChI is InChI=1S/C10H15NO/c1-2-3-7-10(12)11-8-9-5-4-6-9/h1,9H,3-8H2,(H,11,12). The summed E-state index contributed by atoms with van der Waals surface area (Å²) in [6.45, 7) is 0.851.